The van der Waals surface area contributed by atoms with Gasteiger partial charge in [-0.3, -0.25) is 9.36 Å². The molecule has 1 N–H and O–H groups in total. The van der Waals surface area contributed by atoms with Crippen LogP contribution in [0.3, 0.4) is 0 Å². The summed E-state index contributed by atoms with van der Waals surface area (Å²) in [6.07, 6.45) is 5.61. The number of ether oxygens (including phenoxy) is 2. The molecule has 1 aromatic heterocycles. The molecule has 3 aromatic rings. The molecule has 174 valence electrons. The van der Waals surface area contributed by atoms with Crippen molar-refractivity contribution in [3.8, 4) is 22.9 Å². The molecule has 0 aliphatic heterocycles. The van der Waals surface area contributed by atoms with Crippen LogP contribution in [0.1, 0.15) is 38.1 Å². The number of carbonyl (C=O) groups excluding carboxylic acids is 1. The van der Waals surface area contributed by atoms with E-state index in [-0.39, 0.29) is 17.7 Å². The molecule has 1 aliphatic rings. The Labute approximate surface area is 196 Å². The first-order valence-electron chi connectivity index (χ1n) is 10.9. The molecule has 9 heteroatoms. The van der Waals surface area contributed by atoms with Gasteiger partial charge in [-0.15, -0.1) is 10.2 Å². The minimum atomic E-state index is -0.392. The number of nitrogens with zero attached hydrogens (tertiary/aromatic N) is 3. The zero-order valence-corrected chi connectivity index (χ0v) is 19.5. The highest BCUT2D eigenvalue weighted by atomic mass is 32.2. The monoisotopic (exact) mass is 470 g/mol. The Balaban J connectivity index is 1.58. The molecule has 0 bridgehead atoms. The number of methoxy groups -OCH3 is 2. The van der Waals surface area contributed by atoms with Gasteiger partial charge in [0, 0.05) is 17.3 Å². The van der Waals surface area contributed by atoms with Gasteiger partial charge in [-0.2, -0.15) is 0 Å². The molecule has 0 unspecified atom stereocenters. The van der Waals surface area contributed by atoms with Crippen LogP contribution in [0.15, 0.2) is 47.6 Å². The smallest absolute Gasteiger partial charge is 0.234 e. The molecule has 0 radical (unpaired) electrons. The second-order valence-electron chi connectivity index (χ2n) is 7.88. The van der Waals surface area contributed by atoms with E-state index in [4.69, 9.17) is 9.47 Å². The highest BCUT2D eigenvalue weighted by Crippen LogP contribution is 2.38. The van der Waals surface area contributed by atoms with E-state index in [9.17, 15) is 9.18 Å². The molecule has 1 amide bonds. The largest absolute Gasteiger partial charge is 0.493 e. The molecule has 4 rings (SSSR count). The fourth-order valence-corrected chi connectivity index (χ4v) is 4.91. The second kappa shape index (κ2) is 10.7. The minimum Gasteiger partial charge on any atom is -0.493 e. The molecule has 1 fully saturated rings. The third-order valence-electron chi connectivity index (χ3n) is 5.69. The van der Waals surface area contributed by atoms with Gasteiger partial charge in [-0.25, -0.2) is 4.39 Å². The number of aromatic nitrogens is 3. The number of hydrogen-bond acceptors (Lipinski definition) is 6. The van der Waals surface area contributed by atoms with Gasteiger partial charge in [0.05, 0.1) is 20.0 Å². The fraction of sp³-hybridized carbons (Fsp3) is 0.375. The lowest BCUT2D eigenvalue weighted by molar-refractivity contribution is -0.113. The van der Waals surface area contributed by atoms with Gasteiger partial charge >= 0.3 is 0 Å². The quantitative estimate of drug-likeness (QED) is 0.448. The summed E-state index contributed by atoms with van der Waals surface area (Å²) >= 11 is 1.33. The van der Waals surface area contributed by atoms with Crippen molar-refractivity contribution in [1.29, 1.82) is 0 Å². The van der Waals surface area contributed by atoms with Gasteiger partial charge in [0.15, 0.2) is 22.5 Å². The molecule has 1 heterocycles. The zero-order chi connectivity index (χ0) is 23.2. The summed E-state index contributed by atoms with van der Waals surface area (Å²) in [5.41, 5.74) is 1.31. The Morgan fingerprint density at radius 2 is 1.88 bits per heavy atom. The molecule has 0 saturated heterocycles. The first-order valence-corrected chi connectivity index (χ1v) is 11.9. The number of hydrogen-bond donors (Lipinski definition) is 1. The summed E-state index contributed by atoms with van der Waals surface area (Å²) in [7, 11) is 3.21. The van der Waals surface area contributed by atoms with E-state index < -0.39 is 5.82 Å². The molecule has 0 spiro atoms. The van der Waals surface area contributed by atoms with Gasteiger partial charge in [0.1, 0.15) is 5.82 Å². The van der Waals surface area contributed by atoms with Crippen molar-refractivity contribution in [2.45, 2.75) is 43.3 Å². The SMILES string of the molecule is COc1ccc(-c2nnc(SCC(=O)Nc3cccc(F)c3)n2C2CCCCC2)cc1OC. The van der Waals surface area contributed by atoms with Crippen molar-refractivity contribution in [1.82, 2.24) is 14.8 Å². The molecule has 1 aliphatic carbocycles. The average molecular weight is 471 g/mol. The van der Waals surface area contributed by atoms with Crippen LogP contribution >= 0.6 is 11.8 Å². The van der Waals surface area contributed by atoms with Crippen molar-refractivity contribution in [2.24, 2.45) is 0 Å². The number of rotatable bonds is 8. The van der Waals surface area contributed by atoms with Crippen LogP contribution in [-0.2, 0) is 4.79 Å². The van der Waals surface area contributed by atoms with Gasteiger partial charge in [-0.1, -0.05) is 37.1 Å². The third-order valence-corrected chi connectivity index (χ3v) is 6.63. The average Bonchev–Trinajstić information content (AvgIpc) is 3.27. The van der Waals surface area contributed by atoms with Crippen LogP contribution < -0.4 is 14.8 Å². The fourth-order valence-electron chi connectivity index (χ4n) is 4.11. The summed E-state index contributed by atoms with van der Waals surface area (Å²) in [6, 6.07) is 11.8. The van der Waals surface area contributed by atoms with Gasteiger partial charge in [-0.05, 0) is 49.2 Å². The Morgan fingerprint density at radius 1 is 1.09 bits per heavy atom. The summed E-state index contributed by atoms with van der Waals surface area (Å²) in [4.78, 5) is 12.5. The van der Waals surface area contributed by atoms with Crippen molar-refractivity contribution in [2.75, 3.05) is 25.3 Å². The molecular formula is C24H27FN4O3S. The van der Waals surface area contributed by atoms with E-state index in [1.54, 1.807) is 26.4 Å². The predicted molar refractivity (Wildman–Crippen MR) is 126 cm³/mol. The number of anilines is 1. The lowest BCUT2D eigenvalue weighted by Crippen LogP contribution is -2.17. The highest BCUT2D eigenvalue weighted by Gasteiger charge is 2.25. The molecule has 2 aromatic carbocycles. The van der Waals surface area contributed by atoms with Gasteiger partial charge < -0.3 is 14.8 Å². The van der Waals surface area contributed by atoms with E-state index in [0.29, 0.717) is 22.3 Å². The Bertz CT molecular complexity index is 1110. The predicted octanol–water partition coefficient (Wildman–Crippen LogP) is 5.34. The zero-order valence-electron chi connectivity index (χ0n) is 18.7. The van der Waals surface area contributed by atoms with Crippen molar-refractivity contribution >= 4 is 23.4 Å². The number of nitrogens with one attached hydrogen (secondary N) is 1. The van der Waals surface area contributed by atoms with Crippen LogP contribution in [0.2, 0.25) is 0 Å². The highest BCUT2D eigenvalue weighted by molar-refractivity contribution is 7.99. The Morgan fingerprint density at radius 3 is 2.61 bits per heavy atom. The summed E-state index contributed by atoms with van der Waals surface area (Å²) in [5.74, 6) is 1.54. The number of amides is 1. The lowest BCUT2D eigenvalue weighted by Gasteiger charge is -2.25. The third kappa shape index (κ3) is 5.47. The number of thioether (sulfide) groups is 1. The van der Waals surface area contributed by atoms with E-state index in [1.165, 1.54) is 30.3 Å². The maximum Gasteiger partial charge on any atom is 0.234 e. The Kier molecular flexibility index (Phi) is 7.49. The first kappa shape index (κ1) is 23.1. The van der Waals surface area contributed by atoms with E-state index >= 15 is 0 Å². The number of benzene rings is 2. The first-order chi connectivity index (χ1) is 16.1. The topological polar surface area (TPSA) is 78.3 Å². The lowest BCUT2D eigenvalue weighted by atomic mass is 9.95. The maximum atomic E-state index is 13.4. The molecule has 33 heavy (non-hydrogen) atoms. The Hall–Kier alpha value is -3.07. The van der Waals surface area contributed by atoms with Crippen LogP contribution in [0.5, 0.6) is 11.5 Å². The van der Waals surface area contributed by atoms with Crippen molar-refractivity contribution < 1.29 is 18.7 Å². The standard InChI is InChI=1S/C24H27FN4O3S/c1-31-20-12-11-16(13-21(20)32-2)23-27-28-24(29(23)19-9-4-3-5-10-19)33-15-22(30)26-18-8-6-7-17(25)14-18/h6-8,11-14,19H,3-5,9-10,15H2,1-2H3,(H,26,30). The van der Waals surface area contributed by atoms with Crippen LogP contribution in [0.4, 0.5) is 10.1 Å². The number of carbonyl (C=O) groups is 1. The van der Waals surface area contributed by atoms with E-state index in [1.807, 2.05) is 18.2 Å². The van der Waals surface area contributed by atoms with Crippen LogP contribution in [0.25, 0.3) is 11.4 Å². The van der Waals surface area contributed by atoms with Crippen LogP contribution in [0, 0.1) is 5.82 Å². The summed E-state index contributed by atoms with van der Waals surface area (Å²) < 4.78 is 26.4. The van der Waals surface area contributed by atoms with Crippen molar-refractivity contribution in [3.05, 3.63) is 48.3 Å². The molecular weight excluding hydrogens is 443 g/mol. The van der Waals surface area contributed by atoms with Crippen LogP contribution in [-0.4, -0.2) is 40.6 Å². The van der Waals surface area contributed by atoms with Crippen molar-refractivity contribution in [3.63, 3.8) is 0 Å². The molecule has 7 nitrogen and oxygen atoms in total. The second-order valence-corrected chi connectivity index (χ2v) is 8.83. The summed E-state index contributed by atoms with van der Waals surface area (Å²) in [6.45, 7) is 0. The minimum absolute atomic E-state index is 0.146. The molecule has 0 atom stereocenters. The van der Waals surface area contributed by atoms with Gasteiger partial charge in [0.2, 0.25) is 5.91 Å². The van der Waals surface area contributed by atoms with E-state index in [0.717, 1.165) is 37.1 Å². The summed E-state index contributed by atoms with van der Waals surface area (Å²) in [5, 5.41) is 12.3. The maximum absolute atomic E-state index is 13.4. The molecule has 1 saturated carbocycles. The van der Waals surface area contributed by atoms with Gasteiger partial charge in [0.25, 0.3) is 0 Å². The normalized spacial score (nSPS) is 14.2. The van der Waals surface area contributed by atoms with E-state index in [2.05, 4.69) is 20.1 Å². The number of halogens is 1.